The smallest absolute Gasteiger partial charge is 0.338 e. The highest BCUT2D eigenvalue weighted by Gasteiger charge is 2.24. The molecule has 0 aliphatic carbocycles. The number of likely N-dealkylation sites (tertiary alicyclic amines) is 1. The van der Waals surface area contributed by atoms with E-state index in [0.29, 0.717) is 37.5 Å². The number of hydrogen-bond donors (Lipinski definition) is 2. The topological polar surface area (TPSA) is 87.7 Å². The normalized spacial score (nSPS) is 16.7. The third-order valence-electron chi connectivity index (χ3n) is 4.52. The first-order valence-electron chi connectivity index (χ1n) is 9.51. The standard InChI is InChI=1S/C20H29N3O4/c1-4-27-19(25)16-8-5-9-17(11-16)22-20(26)23-10-6-7-15(13-23)12-21-18(24)14(2)3/h5,8-9,11,14-15H,4,6-7,10,12-13H2,1-3H3,(H,21,24)(H,22,26)/t15-/m1/s1. The average molecular weight is 375 g/mol. The zero-order valence-electron chi connectivity index (χ0n) is 16.3. The fourth-order valence-corrected chi connectivity index (χ4v) is 3.01. The number of ether oxygens (including phenoxy) is 1. The molecule has 1 saturated heterocycles. The number of nitrogens with one attached hydrogen (secondary N) is 2. The Bertz CT molecular complexity index is 675. The Hall–Kier alpha value is -2.57. The number of esters is 1. The lowest BCUT2D eigenvalue weighted by molar-refractivity contribution is -0.124. The molecule has 1 aliphatic rings. The van der Waals surface area contributed by atoms with Gasteiger partial charge in [-0.1, -0.05) is 19.9 Å². The summed E-state index contributed by atoms with van der Waals surface area (Å²) < 4.78 is 4.98. The Kier molecular flexibility index (Phi) is 7.64. The Morgan fingerprint density at radius 1 is 1.30 bits per heavy atom. The molecule has 0 unspecified atom stereocenters. The first-order chi connectivity index (χ1) is 12.9. The predicted octanol–water partition coefficient (Wildman–Crippen LogP) is 2.88. The van der Waals surface area contributed by atoms with Crippen molar-refractivity contribution in [2.45, 2.75) is 33.6 Å². The molecule has 3 amide bonds. The summed E-state index contributed by atoms with van der Waals surface area (Å²) in [6.45, 7) is 7.64. The van der Waals surface area contributed by atoms with Crippen LogP contribution in [0.1, 0.15) is 44.0 Å². The van der Waals surface area contributed by atoms with Crippen LogP contribution in [0.2, 0.25) is 0 Å². The van der Waals surface area contributed by atoms with Gasteiger partial charge >= 0.3 is 12.0 Å². The fourth-order valence-electron chi connectivity index (χ4n) is 3.01. The minimum atomic E-state index is -0.410. The summed E-state index contributed by atoms with van der Waals surface area (Å²) in [6.07, 6.45) is 1.89. The van der Waals surface area contributed by atoms with Gasteiger partial charge in [-0.15, -0.1) is 0 Å². The molecule has 0 bridgehead atoms. The first-order valence-corrected chi connectivity index (χ1v) is 9.51. The van der Waals surface area contributed by atoms with Crippen molar-refractivity contribution in [3.05, 3.63) is 29.8 Å². The molecule has 7 nitrogen and oxygen atoms in total. The molecule has 1 heterocycles. The van der Waals surface area contributed by atoms with Crippen molar-refractivity contribution in [3.8, 4) is 0 Å². The van der Waals surface area contributed by atoms with Gasteiger partial charge in [0.05, 0.1) is 12.2 Å². The number of benzene rings is 1. The zero-order valence-corrected chi connectivity index (χ0v) is 16.3. The van der Waals surface area contributed by atoms with Gasteiger partial charge in [0.2, 0.25) is 5.91 Å². The number of urea groups is 1. The van der Waals surface area contributed by atoms with Crippen molar-refractivity contribution in [1.82, 2.24) is 10.2 Å². The Balaban J connectivity index is 1.90. The SMILES string of the molecule is CCOC(=O)c1cccc(NC(=O)N2CCC[C@H](CNC(=O)C(C)C)C2)c1. The molecule has 0 spiro atoms. The Morgan fingerprint density at radius 2 is 2.07 bits per heavy atom. The Morgan fingerprint density at radius 3 is 2.78 bits per heavy atom. The molecule has 0 saturated carbocycles. The highest BCUT2D eigenvalue weighted by Crippen LogP contribution is 2.18. The summed E-state index contributed by atoms with van der Waals surface area (Å²) >= 11 is 0. The van der Waals surface area contributed by atoms with Crippen molar-refractivity contribution in [2.75, 3.05) is 31.6 Å². The maximum Gasteiger partial charge on any atom is 0.338 e. The monoisotopic (exact) mass is 375 g/mol. The van der Waals surface area contributed by atoms with Gasteiger partial charge in [-0.05, 0) is 43.9 Å². The summed E-state index contributed by atoms with van der Waals surface area (Å²) in [6, 6.07) is 6.52. The van der Waals surface area contributed by atoms with Gasteiger partial charge in [-0.2, -0.15) is 0 Å². The molecule has 148 valence electrons. The molecule has 7 heteroatoms. The second-order valence-electron chi connectivity index (χ2n) is 7.09. The quantitative estimate of drug-likeness (QED) is 0.749. The van der Waals surface area contributed by atoms with E-state index >= 15 is 0 Å². The summed E-state index contributed by atoms with van der Waals surface area (Å²) in [7, 11) is 0. The second kappa shape index (κ2) is 9.94. The van der Waals surface area contributed by atoms with E-state index in [9.17, 15) is 14.4 Å². The fraction of sp³-hybridized carbons (Fsp3) is 0.550. The van der Waals surface area contributed by atoms with Crippen LogP contribution in [0.25, 0.3) is 0 Å². The molecule has 1 aromatic rings. The lowest BCUT2D eigenvalue weighted by Gasteiger charge is -2.33. The van der Waals surface area contributed by atoms with E-state index in [1.54, 1.807) is 36.1 Å². The largest absolute Gasteiger partial charge is 0.462 e. The highest BCUT2D eigenvalue weighted by atomic mass is 16.5. The van der Waals surface area contributed by atoms with Gasteiger partial charge < -0.3 is 20.3 Å². The van der Waals surface area contributed by atoms with Crippen molar-refractivity contribution >= 4 is 23.6 Å². The molecule has 27 heavy (non-hydrogen) atoms. The number of piperidine rings is 1. The van der Waals surface area contributed by atoms with Crippen LogP contribution in [0.4, 0.5) is 10.5 Å². The predicted molar refractivity (Wildman–Crippen MR) is 104 cm³/mol. The average Bonchev–Trinajstić information content (AvgIpc) is 2.66. The van der Waals surface area contributed by atoms with Crippen molar-refractivity contribution in [1.29, 1.82) is 0 Å². The third kappa shape index (κ3) is 6.27. The van der Waals surface area contributed by atoms with E-state index in [2.05, 4.69) is 10.6 Å². The van der Waals surface area contributed by atoms with Gasteiger partial charge in [-0.25, -0.2) is 9.59 Å². The zero-order chi connectivity index (χ0) is 19.8. The molecule has 1 aromatic carbocycles. The number of carbonyl (C=O) groups is 3. The lowest BCUT2D eigenvalue weighted by atomic mass is 9.98. The number of amides is 3. The van der Waals surface area contributed by atoms with Gasteiger partial charge in [-0.3, -0.25) is 4.79 Å². The van der Waals surface area contributed by atoms with E-state index in [1.807, 2.05) is 13.8 Å². The van der Waals surface area contributed by atoms with Crippen LogP contribution in [-0.4, -0.2) is 49.0 Å². The maximum atomic E-state index is 12.6. The second-order valence-corrected chi connectivity index (χ2v) is 7.09. The van der Waals surface area contributed by atoms with E-state index in [1.165, 1.54) is 0 Å². The van der Waals surface area contributed by atoms with E-state index in [0.717, 1.165) is 12.8 Å². The van der Waals surface area contributed by atoms with Crippen molar-refractivity contribution < 1.29 is 19.1 Å². The summed E-state index contributed by atoms with van der Waals surface area (Å²) in [5, 5.41) is 5.79. The minimum absolute atomic E-state index is 0.0346. The summed E-state index contributed by atoms with van der Waals surface area (Å²) in [5.74, 6) is -0.169. The van der Waals surface area contributed by atoms with Crippen LogP contribution >= 0.6 is 0 Å². The molecule has 1 aliphatic heterocycles. The van der Waals surface area contributed by atoms with Crippen LogP contribution in [0.15, 0.2) is 24.3 Å². The number of carbonyl (C=O) groups excluding carboxylic acids is 3. The molecule has 0 radical (unpaired) electrons. The molecular formula is C20H29N3O4. The Labute approximate surface area is 160 Å². The van der Waals surface area contributed by atoms with E-state index in [4.69, 9.17) is 4.74 Å². The molecular weight excluding hydrogens is 346 g/mol. The lowest BCUT2D eigenvalue weighted by Crippen LogP contribution is -2.45. The third-order valence-corrected chi connectivity index (χ3v) is 4.52. The van der Waals surface area contributed by atoms with Gasteiger partial charge in [0.25, 0.3) is 0 Å². The number of anilines is 1. The van der Waals surface area contributed by atoms with Crippen LogP contribution in [-0.2, 0) is 9.53 Å². The van der Waals surface area contributed by atoms with Crippen molar-refractivity contribution in [2.24, 2.45) is 11.8 Å². The molecule has 0 aromatic heterocycles. The van der Waals surface area contributed by atoms with Gasteiger partial charge in [0.15, 0.2) is 0 Å². The van der Waals surface area contributed by atoms with E-state index in [-0.39, 0.29) is 23.8 Å². The molecule has 1 fully saturated rings. The number of rotatable bonds is 6. The highest BCUT2D eigenvalue weighted by molar-refractivity contribution is 5.94. The van der Waals surface area contributed by atoms with Gasteiger partial charge in [0.1, 0.15) is 0 Å². The number of nitrogens with zero attached hydrogens (tertiary/aromatic N) is 1. The van der Waals surface area contributed by atoms with Crippen LogP contribution < -0.4 is 10.6 Å². The summed E-state index contributed by atoms with van der Waals surface area (Å²) in [4.78, 5) is 37.9. The van der Waals surface area contributed by atoms with Crippen LogP contribution in [0.3, 0.4) is 0 Å². The van der Waals surface area contributed by atoms with Crippen LogP contribution in [0, 0.1) is 11.8 Å². The summed E-state index contributed by atoms with van der Waals surface area (Å²) in [5.41, 5.74) is 0.961. The number of hydrogen-bond acceptors (Lipinski definition) is 4. The molecule has 1 atom stereocenters. The van der Waals surface area contributed by atoms with Crippen molar-refractivity contribution in [3.63, 3.8) is 0 Å². The molecule has 2 rings (SSSR count). The minimum Gasteiger partial charge on any atom is -0.462 e. The van der Waals surface area contributed by atoms with Gasteiger partial charge in [0, 0.05) is 31.2 Å². The molecule has 2 N–H and O–H groups in total. The maximum absolute atomic E-state index is 12.6. The van der Waals surface area contributed by atoms with E-state index < -0.39 is 5.97 Å². The van der Waals surface area contributed by atoms with Crippen LogP contribution in [0.5, 0.6) is 0 Å². The first kappa shape index (κ1) is 20.7.